The SMILES string of the molecule is CCC(CCN)NCc1ccccn1. The van der Waals surface area contributed by atoms with Crippen molar-refractivity contribution in [3.8, 4) is 0 Å². The van der Waals surface area contributed by atoms with Gasteiger partial charge in [0.1, 0.15) is 0 Å². The van der Waals surface area contributed by atoms with E-state index in [-0.39, 0.29) is 0 Å². The smallest absolute Gasteiger partial charge is 0.0541 e. The number of rotatable bonds is 6. The maximum Gasteiger partial charge on any atom is 0.0541 e. The fourth-order valence-electron chi connectivity index (χ4n) is 1.40. The summed E-state index contributed by atoms with van der Waals surface area (Å²) in [4.78, 5) is 4.25. The van der Waals surface area contributed by atoms with Gasteiger partial charge in [0.25, 0.3) is 0 Å². The molecular weight excluding hydrogens is 174 g/mol. The molecular formula is C11H19N3. The summed E-state index contributed by atoms with van der Waals surface area (Å²) in [6.45, 7) is 3.75. The molecule has 0 aliphatic carbocycles. The zero-order chi connectivity index (χ0) is 10.2. The Balaban J connectivity index is 2.32. The standard InChI is InChI=1S/C11H19N3/c1-2-10(6-7-12)14-9-11-5-3-4-8-13-11/h3-5,8,10,14H,2,6-7,9,12H2,1H3. The van der Waals surface area contributed by atoms with Crippen LogP contribution in [0, 0.1) is 0 Å². The quantitative estimate of drug-likeness (QED) is 0.716. The van der Waals surface area contributed by atoms with Crippen LogP contribution < -0.4 is 11.1 Å². The summed E-state index contributed by atoms with van der Waals surface area (Å²) in [7, 11) is 0. The normalized spacial score (nSPS) is 12.7. The largest absolute Gasteiger partial charge is 0.330 e. The molecule has 3 heteroatoms. The maximum atomic E-state index is 5.52. The van der Waals surface area contributed by atoms with Crippen molar-refractivity contribution in [2.45, 2.75) is 32.4 Å². The van der Waals surface area contributed by atoms with E-state index in [1.165, 1.54) is 0 Å². The van der Waals surface area contributed by atoms with Crippen molar-refractivity contribution in [1.82, 2.24) is 10.3 Å². The predicted molar refractivity (Wildman–Crippen MR) is 58.8 cm³/mol. The van der Waals surface area contributed by atoms with Gasteiger partial charge >= 0.3 is 0 Å². The molecule has 1 aromatic heterocycles. The highest BCUT2D eigenvalue weighted by Crippen LogP contribution is 1.99. The van der Waals surface area contributed by atoms with Gasteiger partial charge in [-0.2, -0.15) is 0 Å². The Morgan fingerprint density at radius 2 is 2.36 bits per heavy atom. The summed E-state index contributed by atoms with van der Waals surface area (Å²) in [5, 5.41) is 3.44. The number of nitrogens with zero attached hydrogens (tertiary/aromatic N) is 1. The summed E-state index contributed by atoms with van der Waals surface area (Å²) >= 11 is 0. The third-order valence-electron chi connectivity index (χ3n) is 2.31. The number of hydrogen-bond acceptors (Lipinski definition) is 3. The number of nitrogens with two attached hydrogens (primary N) is 1. The van der Waals surface area contributed by atoms with Gasteiger partial charge in [0.15, 0.2) is 0 Å². The first kappa shape index (κ1) is 11.1. The zero-order valence-corrected chi connectivity index (χ0v) is 8.74. The van der Waals surface area contributed by atoms with Crippen LogP contribution in [0.5, 0.6) is 0 Å². The van der Waals surface area contributed by atoms with Crippen LogP contribution in [-0.2, 0) is 6.54 Å². The van der Waals surface area contributed by atoms with Gasteiger partial charge < -0.3 is 11.1 Å². The first-order chi connectivity index (χ1) is 6.86. The third-order valence-corrected chi connectivity index (χ3v) is 2.31. The molecule has 0 fully saturated rings. The van der Waals surface area contributed by atoms with Crippen LogP contribution >= 0.6 is 0 Å². The summed E-state index contributed by atoms with van der Waals surface area (Å²) < 4.78 is 0. The second-order valence-electron chi connectivity index (χ2n) is 3.38. The van der Waals surface area contributed by atoms with Gasteiger partial charge in [-0.05, 0) is 31.5 Å². The minimum Gasteiger partial charge on any atom is -0.330 e. The molecule has 1 rings (SSSR count). The number of aromatic nitrogens is 1. The second-order valence-corrected chi connectivity index (χ2v) is 3.38. The van der Waals surface area contributed by atoms with E-state index in [0.717, 1.165) is 31.6 Å². The molecule has 0 saturated carbocycles. The molecule has 1 aromatic rings. The molecule has 0 saturated heterocycles. The van der Waals surface area contributed by atoms with E-state index in [2.05, 4.69) is 17.2 Å². The number of nitrogens with one attached hydrogen (secondary N) is 1. The highest BCUT2D eigenvalue weighted by Gasteiger charge is 2.03. The van der Waals surface area contributed by atoms with E-state index in [1.807, 2.05) is 24.4 Å². The van der Waals surface area contributed by atoms with Crippen molar-refractivity contribution in [2.24, 2.45) is 5.73 Å². The van der Waals surface area contributed by atoms with Gasteiger partial charge in [0.05, 0.1) is 5.69 Å². The van der Waals surface area contributed by atoms with E-state index >= 15 is 0 Å². The second kappa shape index (κ2) is 6.51. The fraction of sp³-hybridized carbons (Fsp3) is 0.545. The molecule has 0 aliphatic heterocycles. The summed E-state index contributed by atoms with van der Waals surface area (Å²) in [6.07, 6.45) is 3.97. The van der Waals surface area contributed by atoms with Gasteiger partial charge in [-0.25, -0.2) is 0 Å². The van der Waals surface area contributed by atoms with Crippen LogP contribution in [0.15, 0.2) is 24.4 Å². The fourth-order valence-corrected chi connectivity index (χ4v) is 1.40. The Labute approximate surface area is 85.7 Å². The van der Waals surface area contributed by atoms with Crippen molar-refractivity contribution >= 4 is 0 Å². The van der Waals surface area contributed by atoms with Gasteiger partial charge in [0.2, 0.25) is 0 Å². The van der Waals surface area contributed by atoms with E-state index in [0.29, 0.717) is 6.04 Å². The van der Waals surface area contributed by atoms with E-state index in [1.54, 1.807) is 0 Å². The molecule has 3 nitrogen and oxygen atoms in total. The van der Waals surface area contributed by atoms with E-state index < -0.39 is 0 Å². The van der Waals surface area contributed by atoms with Crippen molar-refractivity contribution < 1.29 is 0 Å². The molecule has 1 unspecified atom stereocenters. The zero-order valence-electron chi connectivity index (χ0n) is 8.74. The molecule has 14 heavy (non-hydrogen) atoms. The van der Waals surface area contributed by atoms with Crippen LogP contribution in [0.1, 0.15) is 25.5 Å². The van der Waals surface area contributed by atoms with Crippen molar-refractivity contribution in [3.05, 3.63) is 30.1 Å². The molecule has 3 N–H and O–H groups in total. The highest BCUT2D eigenvalue weighted by molar-refractivity contribution is 5.03. The number of hydrogen-bond donors (Lipinski definition) is 2. The third kappa shape index (κ3) is 3.85. The van der Waals surface area contributed by atoms with Crippen molar-refractivity contribution in [1.29, 1.82) is 0 Å². The average molecular weight is 193 g/mol. The summed E-state index contributed by atoms with van der Waals surface area (Å²) in [6, 6.07) is 6.48. The summed E-state index contributed by atoms with van der Waals surface area (Å²) in [5.41, 5.74) is 6.60. The van der Waals surface area contributed by atoms with E-state index in [4.69, 9.17) is 5.73 Å². The number of pyridine rings is 1. The topological polar surface area (TPSA) is 50.9 Å². The van der Waals surface area contributed by atoms with Crippen LogP contribution in [0.3, 0.4) is 0 Å². The van der Waals surface area contributed by atoms with Crippen LogP contribution in [0.4, 0.5) is 0 Å². The Bertz CT molecular complexity index is 236. The summed E-state index contributed by atoms with van der Waals surface area (Å²) in [5.74, 6) is 0. The molecule has 78 valence electrons. The lowest BCUT2D eigenvalue weighted by Crippen LogP contribution is -2.30. The van der Waals surface area contributed by atoms with Gasteiger partial charge in [0, 0.05) is 18.8 Å². The molecule has 0 aromatic carbocycles. The maximum absolute atomic E-state index is 5.52. The van der Waals surface area contributed by atoms with Crippen molar-refractivity contribution in [2.75, 3.05) is 6.54 Å². The molecule has 0 aliphatic rings. The Hall–Kier alpha value is -0.930. The van der Waals surface area contributed by atoms with Crippen molar-refractivity contribution in [3.63, 3.8) is 0 Å². The van der Waals surface area contributed by atoms with Gasteiger partial charge in [-0.15, -0.1) is 0 Å². The Kier molecular flexibility index (Phi) is 5.19. The molecule has 1 heterocycles. The van der Waals surface area contributed by atoms with Crippen LogP contribution in [0.2, 0.25) is 0 Å². The van der Waals surface area contributed by atoms with Gasteiger partial charge in [-0.1, -0.05) is 13.0 Å². The molecule has 1 atom stereocenters. The van der Waals surface area contributed by atoms with Crippen LogP contribution in [0.25, 0.3) is 0 Å². The first-order valence-corrected chi connectivity index (χ1v) is 5.20. The minimum absolute atomic E-state index is 0.516. The molecule has 0 amide bonds. The lowest BCUT2D eigenvalue weighted by molar-refractivity contribution is 0.469. The van der Waals surface area contributed by atoms with E-state index in [9.17, 15) is 0 Å². The Morgan fingerprint density at radius 1 is 1.50 bits per heavy atom. The minimum atomic E-state index is 0.516. The molecule has 0 radical (unpaired) electrons. The van der Waals surface area contributed by atoms with Gasteiger partial charge in [-0.3, -0.25) is 4.98 Å². The average Bonchev–Trinajstić information content (AvgIpc) is 2.25. The molecule has 0 spiro atoms. The Morgan fingerprint density at radius 3 is 2.93 bits per heavy atom. The molecule has 0 bridgehead atoms. The lowest BCUT2D eigenvalue weighted by Gasteiger charge is -2.15. The predicted octanol–water partition coefficient (Wildman–Crippen LogP) is 1.30. The van der Waals surface area contributed by atoms with Crippen LogP contribution in [-0.4, -0.2) is 17.6 Å². The lowest BCUT2D eigenvalue weighted by atomic mass is 10.1. The first-order valence-electron chi connectivity index (χ1n) is 5.20. The monoisotopic (exact) mass is 193 g/mol. The highest BCUT2D eigenvalue weighted by atomic mass is 14.9.